The molecule has 10 nitrogen and oxygen atoms in total. The van der Waals surface area contributed by atoms with Gasteiger partial charge in [-0.15, -0.1) is 11.3 Å². The first-order valence-electron chi connectivity index (χ1n) is 12.9. The van der Waals surface area contributed by atoms with Gasteiger partial charge in [-0.25, -0.2) is 19.7 Å². The summed E-state index contributed by atoms with van der Waals surface area (Å²) in [6, 6.07) is 4.87. The zero-order chi connectivity index (χ0) is 29.4. The predicted octanol–water partition coefficient (Wildman–Crippen LogP) is 4.64. The molecule has 5 rings (SSSR count). The molecule has 1 aromatic carbocycles. The van der Waals surface area contributed by atoms with Gasteiger partial charge in [0, 0.05) is 47.4 Å². The Balaban J connectivity index is 1.25. The SMILES string of the molecule is Cc1cnc(-c2cc(CCC(=O)N[C@H](C)c3cnc(C(F)(F)F)nc3)cc(OCC34CC(CO3)N(C(=O)O)C4)c2)s1. The third-order valence-corrected chi connectivity index (χ3v) is 8.08. The first kappa shape index (κ1) is 28.7. The van der Waals surface area contributed by atoms with Crippen molar-refractivity contribution >= 4 is 23.3 Å². The standard InChI is InChI=1S/C27H28F3N5O5S/c1-15-9-31-23(41-15)18-5-17(3-4-22(36)34-16(2)19-10-32-24(33-11-19)27(28,29)30)6-21(7-18)39-14-26-8-20(12-40-26)35(13-26)25(37)38/h5-7,9-11,16,20H,3-4,8,12-14H2,1-2H3,(H,34,36)(H,37,38)/t16-,20?,26?/m1/s1. The maximum atomic E-state index is 12.7. The number of halogens is 3. The van der Waals surface area contributed by atoms with Gasteiger partial charge in [0.15, 0.2) is 0 Å². The van der Waals surface area contributed by atoms with E-state index in [0.29, 0.717) is 30.8 Å². The molecule has 0 saturated carbocycles. The molecule has 0 aliphatic carbocycles. The van der Waals surface area contributed by atoms with E-state index in [9.17, 15) is 27.9 Å². The molecule has 3 aromatic rings. The number of nitrogens with zero attached hydrogens (tertiary/aromatic N) is 4. The second-order valence-electron chi connectivity index (χ2n) is 10.3. The number of likely N-dealkylation sites (tertiary alicyclic amines) is 1. The lowest BCUT2D eigenvalue weighted by molar-refractivity contribution is -0.145. The van der Waals surface area contributed by atoms with Crippen LogP contribution in [-0.4, -0.2) is 68.4 Å². The Hall–Kier alpha value is -3.78. The van der Waals surface area contributed by atoms with Crippen LogP contribution in [0.2, 0.25) is 0 Å². The quantitative estimate of drug-likeness (QED) is 0.369. The van der Waals surface area contributed by atoms with Crippen molar-refractivity contribution < 1.29 is 37.3 Å². The van der Waals surface area contributed by atoms with Crippen LogP contribution >= 0.6 is 11.3 Å². The normalized spacial score (nSPS) is 20.7. The molecular formula is C27H28F3N5O5S. The summed E-state index contributed by atoms with van der Waals surface area (Å²) in [5.41, 5.74) is 1.31. The summed E-state index contributed by atoms with van der Waals surface area (Å²) in [6.07, 6.45) is -0.665. The number of alkyl halides is 3. The molecule has 3 atom stereocenters. The number of morpholine rings is 1. The van der Waals surface area contributed by atoms with Crippen LogP contribution < -0.4 is 10.1 Å². The lowest BCUT2D eigenvalue weighted by Gasteiger charge is -2.31. The summed E-state index contributed by atoms with van der Waals surface area (Å²) in [5, 5.41) is 13.0. The lowest BCUT2D eigenvalue weighted by atomic mass is 10.0. The Morgan fingerprint density at radius 3 is 2.63 bits per heavy atom. The number of thiazole rings is 1. The number of hydrogen-bond acceptors (Lipinski definition) is 8. The van der Waals surface area contributed by atoms with E-state index >= 15 is 0 Å². The number of ether oxygens (including phenoxy) is 2. The molecule has 2 fully saturated rings. The van der Waals surface area contributed by atoms with Crippen LogP contribution in [0.25, 0.3) is 10.6 Å². The number of benzene rings is 1. The van der Waals surface area contributed by atoms with Gasteiger partial charge in [-0.1, -0.05) is 0 Å². The highest BCUT2D eigenvalue weighted by Crippen LogP contribution is 2.38. The van der Waals surface area contributed by atoms with Gasteiger partial charge in [-0.05, 0) is 44.0 Å². The van der Waals surface area contributed by atoms with E-state index in [1.807, 2.05) is 25.1 Å². The molecule has 2 amide bonds. The van der Waals surface area contributed by atoms with E-state index < -0.39 is 29.7 Å². The average molecular weight is 592 g/mol. The van der Waals surface area contributed by atoms with Gasteiger partial charge >= 0.3 is 12.3 Å². The van der Waals surface area contributed by atoms with Crippen LogP contribution in [0.1, 0.15) is 47.6 Å². The molecule has 0 spiro atoms. The molecule has 2 aliphatic heterocycles. The minimum Gasteiger partial charge on any atom is -0.490 e. The van der Waals surface area contributed by atoms with Crippen LogP contribution in [0, 0.1) is 6.92 Å². The van der Waals surface area contributed by atoms with Gasteiger partial charge in [0.25, 0.3) is 0 Å². The summed E-state index contributed by atoms with van der Waals surface area (Å²) in [5.74, 6) is -0.977. The topological polar surface area (TPSA) is 127 Å². The fraction of sp³-hybridized carbons (Fsp3) is 0.444. The minimum absolute atomic E-state index is 0.119. The minimum atomic E-state index is -4.64. The molecule has 218 valence electrons. The van der Waals surface area contributed by atoms with Crippen LogP contribution in [0.5, 0.6) is 5.75 Å². The van der Waals surface area contributed by atoms with E-state index in [1.165, 1.54) is 16.2 Å². The summed E-state index contributed by atoms with van der Waals surface area (Å²) in [4.78, 5) is 37.8. The number of aromatic nitrogens is 3. The Morgan fingerprint density at radius 1 is 1.24 bits per heavy atom. The summed E-state index contributed by atoms with van der Waals surface area (Å²) >= 11 is 1.52. The van der Waals surface area contributed by atoms with Crippen molar-refractivity contribution in [2.24, 2.45) is 0 Å². The van der Waals surface area contributed by atoms with Crippen molar-refractivity contribution in [2.45, 2.75) is 57.0 Å². The molecule has 2 aromatic heterocycles. The molecule has 2 bridgehead atoms. The van der Waals surface area contributed by atoms with Crippen LogP contribution in [0.3, 0.4) is 0 Å². The van der Waals surface area contributed by atoms with E-state index in [2.05, 4.69) is 20.3 Å². The molecule has 2 aliphatic rings. The van der Waals surface area contributed by atoms with Gasteiger partial charge in [0.2, 0.25) is 11.7 Å². The number of fused-ring (bicyclic) bond motifs is 2. The van der Waals surface area contributed by atoms with Crippen LogP contribution in [0.4, 0.5) is 18.0 Å². The predicted molar refractivity (Wildman–Crippen MR) is 142 cm³/mol. The highest BCUT2D eigenvalue weighted by atomic mass is 32.1. The Bertz CT molecular complexity index is 1430. The Morgan fingerprint density at radius 2 is 2.00 bits per heavy atom. The fourth-order valence-electron chi connectivity index (χ4n) is 5.02. The highest BCUT2D eigenvalue weighted by molar-refractivity contribution is 7.14. The van der Waals surface area contributed by atoms with E-state index in [4.69, 9.17) is 9.47 Å². The smallest absolute Gasteiger partial charge is 0.451 e. The number of hydrogen-bond donors (Lipinski definition) is 2. The van der Waals surface area contributed by atoms with Crippen molar-refractivity contribution in [1.82, 2.24) is 25.2 Å². The molecule has 2 saturated heterocycles. The molecule has 14 heteroatoms. The summed E-state index contributed by atoms with van der Waals surface area (Å²) in [6.45, 7) is 4.36. The molecular weight excluding hydrogens is 563 g/mol. The Labute approximate surface area is 237 Å². The van der Waals surface area contributed by atoms with Crippen LogP contribution in [-0.2, 0) is 22.1 Å². The third-order valence-electron chi connectivity index (χ3n) is 7.11. The first-order chi connectivity index (χ1) is 19.4. The number of nitrogens with one attached hydrogen (secondary N) is 1. The number of amides is 2. The van der Waals surface area contributed by atoms with Crippen molar-refractivity contribution in [3.05, 3.63) is 58.6 Å². The van der Waals surface area contributed by atoms with Crippen molar-refractivity contribution in [3.63, 3.8) is 0 Å². The van der Waals surface area contributed by atoms with Crippen LogP contribution in [0.15, 0.2) is 36.8 Å². The maximum Gasteiger partial charge on any atom is 0.451 e. The molecule has 0 radical (unpaired) electrons. The third kappa shape index (κ3) is 6.59. The number of rotatable bonds is 9. The summed E-state index contributed by atoms with van der Waals surface area (Å²) in [7, 11) is 0. The highest BCUT2D eigenvalue weighted by Gasteiger charge is 2.53. The zero-order valence-corrected chi connectivity index (χ0v) is 23.1. The molecule has 41 heavy (non-hydrogen) atoms. The number of carboxylic acid groups (broad SMARTS) is 1. The largest absolute Gasteiger partial charge is 0.490 e. The molecule has 2 N–H and O–H groups in total. The van der Waals surface area contributed by atoms with E-state index in [1.54, 1.807) is 13.1 Å². The van der Waals surface area contributed by atoms with Crippen molar-refractivity contribution in [1.29, 1.82) is 0 Å². The maximum absolute atomic E-state index is 12.7. The van der Waals surface area contributed by atoms with Crippen molar-refractivity contribution in [3.8, 4) is 16.3 Å². The van der Waals surface area contributed by atoms with Gasteiger partial charge in [0.1, 0.15) is 23.0 Å². The lowest BCUT2D eigenvalue weighted by Crippen LogP contribution is -2.47. The van der Waals surface area contributed by atoms with Crippen molar-refractivity contribution in [2.75, 3.05) is 19.8 Å². The zero-order valence-electron chi connectivity index (χ0n) is 22.3. The van der Waals surface area contributed by atoms with Gasteiger partial charge in [0.05, 0.1) is 25.2 Å². The van der Waals surface area contributed by atoms with Gasteiger partial charge in [-0.2, -0.15) is 13.2 Å². The fourth-order valence-corrected chi connectivity index (χ4v) is 5.77. The molecule has 2 unspecified atom stereocenters. The molecule has 4 heterocycles. The average Bonchev–Trinajstić information content (AvgIpc) is 3.65. The first-order valence-corrected chi connectivity index (χ1v) is 13.7. The number of aryl methyl sites for hydroxylation is 2. The number of carbonyl (C=O) groups is 2. The summed E-state index contributed by atoms with van der Waals surface area (Å²) < 4.78 is 50.3. The second kappa shape index (κ2) is 11.2. The second-order valence-corrected chi connectivity index (χ2v) is 11.6. The van der Waals surface area contributed by atoms with E-state index in [0.717, 1.165) is 33.4 Å². The van der Waals surface area contributed by atoms with E-state index in [-0.39, 0.29) is 31.5 Å². The van der Waals surface area contributed by atoms with Gasteiger partial charge in [-0.3, -0.25) is 9.69 Å². The van der Waals surface area contributed by atoms with Gasteiger partial charge < -0.3 is 19.9 Å². The monoisotopic (exact) mass is 591 g/mol. The number of carbonyl (C=O) groups excluding carboxylic acids is 1. The Kier molecular flexibility index (Phi) is 7.88.